The van der Waals surface area contributed by atoms with Gasteiger partial charge in [-0.3, -0.25) is 33.4 Å². The number of anilines is 2. The number of pyridine rings is 1. The topological polar surface area (TPSA) is 192 Å². The molecular weight excluding hydrogens is 775 g/mol. The molecule has 0 bridgehead atoms. The minimum absolute atomic E-state index is 0.0608. The van der Waals surface area contributed by atoms with Gasteiger partial charge in [0.15, 0.2) is 0 Å². The smallest absolute Gasteiger partial charge is 0.329 e. The van der Waals surface area contributed by atoms with Crippen molar-refractivity contribution in [3.63, 3.8) is 0 Å². The number of amides is 2. The molecule has 3 aromatic heterocycles. The first-order chi connectivity index (χ1) is 28.4. The summed E-state index contributed by atoms with van der Waals surface area (Å²) in [6.07, 6.45) is 9.85. The molecule has 3 N–H and O–H groups in total. The molecule has 2 aliphatic heterocycles. The fraction of sp³-hybridized carbons (Fsp3) is 0.476. The first-order valence-electron chi connectivity index (χ1n) is 20.6. The van der Waals surface area contributed by atoms with E-state index in [-0.39, 0.29) is 53.8 Å². The van der Waals surface area contributed by atoms with Crippen LogP contribution in [-0.2, 0) is 37.8 Å². The van der Waals surface area contributed by atoms with Crippen LogP contribution < -0.4 is 26.6 Å². The first kappa shape index (κ1) is 40.5. The summed E-state index contributed by atoms with van der Waals surface area (Å²) in [4.78, 5) is 61.8. The number of nitrogens with zero attached hydrogens (tertiary/aromatic N) is 6. The summed E-state index contributed by atoms with van der Waals surface area (Å²) in [5, 5.41) is 6.35. The van der Waals surface area contributed by atoms with Gasteiger partial charge < -0.3 is 15.0 Å². The van der Waals surface area contributed by atoms with Crippen molar-refractivity contribution in [1.29, 1.82) is 0 Å². The lowest BCUT2D eigenvalue weighted by Crippen LogP contribution is -2.44. The van der Waals surface area contributed by atoms with Gasteiger partial charge in [0.2, 0.25) is 27.8 Å². The Morgan fingerprint density at radius 2 is 1.71 bits per heavy atom. The van der Waals surface area contributed by atoms with E-state index < -0.39 is 22.0 Å². The number of piperidine rings is 2. The van der Waals surface area contributed by atoms with Crippen molar-refractivity contribution in [2.45, 2.75) is 94.2 Å². The molecule has 16 nitrogen and oxygen atoms in total. The van der Waals surface area contributed by atoms with E-state index in [1.165, 1.54) is 4.57 Å². The lowest BCUT2D eigenvalue weighted by atomic mass is 10.0. The van der Waals surface area contributed by atoms with Crippen LogP contribution in [0.2, 0.25) is 0 Å². The number of hydrogen-bond donors (Lipinski definition) is 3. The molecule has 2 aromatic carbocycles. The number of ether oxygens (including phenoxy) is 1. The summed E-state index contributed by atoms with van der Waals surface area (Å²) >= 11 is 0. The summed E-state index contributed by atoms with van der Waals surface area (Å²) in [6.45, 7) is 4.95. The van der Waals surface area contributed by atoms with Crippen LogP contribution in [0, 0.1) is 6.92 Å². The number of sulfonamides is 1. The number of imide groups is 1. The molecule has 2 saturated heterocycles. The summed E-state index contributed by atoms with van der Waals surface area (Å²) < 4.78 is 40.0. The lowest BCUT2D eigenvalue weighted by molar-refractivity contribution is -0.135. The van der Waals surface area contributed by atoms with E-state index >= 15 is 0 Å². The second-order valence-corrected chi connectivity index (χ2v) is 17.7. The molecule has 1 atom stereocenters. The van der Waals surface area contributed by atoms with Crippen molar-refractivity contribution in [2.24, 2.45) is 7.05 Å². The normalized spacial score (nSPS) is 18.6. The summed E-state index contributed by atoms with van der Waals surface area (Å²) in [5.41, 5.74) is 4.18. The van der Waals surface area contributed by atoms with Crippen LogP contribution in [-0.4, -0.2) is 87.7 Å². The van der Waals surface area contributed by atoms with E-state index in [4.69, 9.17) is 9.72 Å². The highest BCUT2D eigenvalue weighted by Crippen LogP contribution is 2.31. The minimum atomic E-state index is -3.77. The molecule has 3 aliphatic rings. The van der Waals surface area contributed by atoms with Crippen LogP contribution in [0.1, 0.15) is 81.0 Å². The van der Waals surface area contributed by atoms with E-state index in [0.717, 1.165) is 87.5 Å². The Kier molecular flexibility index (Phi) is 11.8. The maximum absolute atomic E-state index is 13.2. The number of aromatic nitrogens is 5. The zero-order valence-electron chi connectivity index (χ0n) is 33.5. The first-order valence-corrected chi connectivity index (χ1v) is 22.1. The number of likely N-dealkylation sites (tertiary alicyclic amines) is 1. The Morgan fingerprint density at radius 3 is 2.47 bits per heavy atom. The van der Waals surface area contributed by atoms with Crippen molar-refractivity contribution in [3.8, 4) is 0 Å². The fourth-order valence-electron chi connectivity index (χ4n) is 8.76. The average molecular weight is 826 g/mol. The van der Waals surface area contributed by atoms with E-state index in [0.29, 0.717) is 34.8 Å². The maximum atomic E-state index is 13.2. The molecule has 0 spiro atoms. The molecule has 0 radical (unpaired) electrons. The highest BCUT2D eigenvalue weighted by Gasteiger charge is 2.31. The third-order valence-electron chi connectivity index (χ3n) is 12.0. The van der Waals surface area contributed by atoms with Crippen LogP contribution >= 0.6 is 0 Å². The number of carbonyl (C=O) groups is 2. The van der Waals surface area contributed by atoms with Crippen LogP contribution in [0.3, 0.4) is 0 Å². The van der Waals surface area contributed by atoms with Gasteiger partial charge >= 0.3 is 5.69 Å². The third-order valence-corrected chi connectivity index (χ3v) is 13.5. The Hall–Kier alpha value is -5.23. The predicted molar refractivity (Wildman–Crippen MR) is 223 cm³/mol. The van der Waals surface area contributed by atoms with Gasteiger partial charge in [-0.2, -0.15) is 4.98 Å². The average Bonchev–Trinajstić information content (AvgIpc) is 3.84. The molecule has 1 aliphatic carbocycles. The molecule has 5 heterocycles. The number of nitrogens with one attached hydrogen (secondary N) is 3. The summed E-state index contributed by atoms with van der Waals surface area (Å²) in [5.74, 6) is -0.419. The number of imidazole rings is 1. The van der Waals surface area contributed by atoms with Gasteiger partial charge in [-0.05, 0) is 106 Å². The Labute approximate surface area is 342 Å². The Morgan fingerprint density at radius 1 is 0.915 bits per heavy atom. The molecule has 2 amide bonds. The molecule has 1 saturated carbocycles. The van der Waals surface area contributed by atoms with Crippen molar-refractivity contribution in [1.82, 2.24) is 38.6 Å². The van der Waals surface area contributed by atoms with Gasteiger partial charge in [-0.25, -0.2) is 22.9 Å². The number of rotatable bonds is 14. The van der Waals surface area contributed by atoms with Gasteiger partial charge in [-0.1, -0.05) is 18.9 Å². The molecule has 8 rings (SSSR count). The molecule has 59 heavy (non-hydrogen) atoms. The standard InChI is InChI=1S/C42H51N9O7S/c1-27-24-32(11-12-33(27)45-41-43-26-29-10-16-38(53)50(39(29)47-41)30-7-3-4-8-30)59(56,57)44-19-23-58-31-17-21-49(22-18-31)20-5-6-28-9-13-34-36(25-28)48(2)42(55)51(34)35-14-15-37(52)46-40(35)54/h9-13,16,24-26,30-31,35,44H,3-8,14-15,17-23H2,1-2H3,(H,43,45,47)(H,46,52,54). The van der Waals surface area contributed by atoms with E-state index in [1.807, 2.05) is 25.1 Å². The van der Waals surface area contributed by atoms with Crippen LogP contribution in [0.15, 0.2) is 69.2 Å². The van der Waals surface area contributed by atoms with E-state index in [9.17, 15) is 27.6 Å². The van der Waals surface area contributed by atoms with E-state index in [2.05, 4.69) is 25.2 Å². The fourth-order valence-corrected chi connectivity index (χ4v) is 9.86. The van der Waals surface area contributed by atoms with E-state index in [1.54, 1.807) is 52.7 Å². The zero-order valence-corrected chi connectivity index (χ0v) is 34.3. The number of benzene rings is 2. The number of carbonyl (C=O) groups excluding carboxylic acids is 2. The highest BCUT2D eigenvalue weighted by atomic mass is 32.2. The van der Waals surface area contributed by atoms with Crippen LogP contribution in [0.25, 0.3) is 22.1 Å². The minimum Gasteiger partial charge on any atom is -0.377 e. The lowest BCUT2D eigenvalue weighted by Gasteiger charge is -2.31. The number of aryl methyl sites for hydroxylation is 3. The summed E-state index contributed by atoms with van der Waals surface area (Å²) in [6, 6.07) is 13.5. The summed E-state index contributed by atoms with van der Waals surface area (Å²) in [7, 11) is -2.07. The molecule has 3 fully saturated rings. The van der Waals surface area contributed by atoms with Crippen molar-refractivity contribution >= 4 is 55.5 Å². The largest absolute Gasteiger partial charge is 0.377 e. The van der Waals surface area contributed by atoms with Gasteiger partial charge in [0, 0.05) is 62.5 Å². The molecule has 17 heteroatoms. The van der Waals surface area contributed by atoms with Crippen molar-refractivity contribution in [2.75, 3.05) is 38.1 Å². The second-order valence-electron chi connectivity index (χ2n) is 16.0. The van der Waals surface area contributed by atoms with Crippen molar-refractivity contribution < 1.29 is 22.7 Å². The molecule has 1 unspecified atom stereocenters. The van der Waals surface area contributed by atoms with Crippen LogP contribution in [0.4, 0.5) is 11.6 Å². The predicted octanol–water partition coefficient (Wildman–Crippen LogP) is 3.98. The number of hydrogen-bond acceptors (Lipinski definition) is 11. The van der Waals surface area contributed by atoms with Gasteiger partial charge in [0.05, 0.1) is 28.6 Å². The van der Waals surface area contributed by atoms with Crippen molar-refractivity contribution in [3.05, 3.63) is 86.7 Å². The Balaban J connectivity index is 0.774. The second kappa shape index (κ2) is 17.2. The van der Waals surface area contributed by atoms with Gasteiger partial charge in [0.1, 0.15) is 11.7 Å². The molecular formula is C42H51N9O7S. The van der Waals surface area contributed by atoms with Crippen LogP contribution in [0.5, 0.6) is 0 Å². The number of fused-ring (bicyclic) bond motifs is 2. The molecule has 312 valence electrons. The maximum Gasteiger partial charge on any atom is 0.329 e. The highest BCUT2D eigenvalue weighted by molar-refractivity contribution is 7.89. The monoisotopic (exact) mass is 825 g/mol. The zero-order chi connectivity index (χ0) is 41.3. The molecule has 5 aromatic rings. The van der Waals surface area contributed by atoms with Gasteiger partial charge in [-0.15, -0.1) is 0 Å². The Bertz CT molecular complexity index is 2620. The van der Waals surface area contributed by atoms with Gasteiger partial charge in [0.25, 0.3) is 5.56 Å². The SMILES string of the molecule is Cc1cc(S(=O)(=O)NCCOC2CCN(CCCc3ccc4c(c3)n(C)c(=O)n4C3CCC(=O)NC3=O)CC2)ccc1Nc1ncc2ccc(=O)n(C3CCCC3)c2n1. The quantitative estimate of drug-likeness (QED) is 0.108. The third kappa shape index (κ3) is 8.74.